The summed E-state index contributed by atoms with van der Waals surface area (Å²) in [5.74, 6) is -1.02. The zero-order valence-corrected chi connectivity index (χ0v) is 11.0. The Bertz CT molecular complexity index is 515. The van der Waals surface area contributed by atoms with Crippen LogP contribution in [0.5, 0.6) is 0 Å². The van der Waals surface area contributed by atoms with Gasteiger partial charge in [-0.2, -0.15) is 0 Å². The number of carboxylic acids is 1. The summed E-state index contributed by atoms with van der Waals surface area (Å²) in [6, 6.07) is 3.48. The maximum Gasteiger partial charge on any atom is 0.303 e. The van der Waals surface area contributed by atoms with E-state index in [1.54, 1.807) is 12.1 Å². The number of hydrogen-bond acceptors (Lipinski definition) is 3. The molecule has 2 rings (SSSR count). The van der Waals surface area contributed by atoms with Crippen molar-refractivity contribution in [2.75, 3.05) is 5.32 Å². The number of carbonyl (C=O) groups excluding carboxylic acids is 1. The van der Waals surface area contributed by atoms with Crippen LogP contribution < -0.4 is 5.32 Å². The maximum atomic E-state index is 11.2. The Kier molecular flexibility index (Phi) is 3.68. The van der Waals surface area contributed by atoms with Crippen LogP contribution in [0, 0.1) is 0 Å². The quantitative estimate of drug-likeness (QED) is 0.791. The molecule has 1 aliphatic heterocycles. The lowest BCUT2D eigenvalue weighted by molar-refractivity contribution is -0.137. The standard InChI is InChI=1S/C12H12BrNO4/c13-8-5-9-6(4-11(16)14-9)3-7(8)10(15)1-2-12(17)18/h3,5,10,15H,1-2,4H2,(H,14,16)(H,17,18)/t10-/m1/s1. The molecule has 0 saturated carbocycles. The number of fused-ring (bicyclic) bond motifs is 1. The molecule has 6 heteroatoms. The Morgan fingerprint density at radius 1 is 1.50 bits per heavy atom. The van der Waals surface area contributed by atoms with Gasteiger partial charge >= 0.3 is 5.97 Å². The van der Waals surface area contributed by atoms with E-state index >= 15 is 0 Å². The van der Waals surface area contributed by atoms with Crippen LogP contribution in [0.2, 0.25) is 0 Å². The molecule has 0 saturated heterocycles. The van der Waals surface area contributed by atoms with Crippen LogP contribution in [0.1, 0.15) is 30.1 Å². The van der Waals surface area contributed by atoms with E-state index in [0.717, 1.165) is 11.3 Å². The number of carboxylic acid groups (broad SMARTS) is 1. The fourth-order valence-electron chi connectivity index (χ4n) is 1.94. The number of benzene rings is 1. The van der Waals surface area contributed by atoms with Crippen molar-refractivity contribution in [1.82, 2.24) is 0 Å². The first-order valence-corrected chi connectivity index (χ1v) is 6.28. The molecule has 1 aromatic rings. The maximum absolute atomic E-state index is 11.2. The van der Waals surface area contributed by atoms with Crippen molar-refractivity contribution in [3.05, 3.63) is 27.7 Å². The minimum Gasteiger partial charge on any atom is -0.481 e. The van der Waals surface area contributed by atoms with E-state index in [0.29, 0.717) is 16.5 Å². The van der Waals surface area contributed by atoms with Crippen molar-refractivity contribution < 1.29 is 19.8 Å². The molecule has 0 spiro atoms. The van der Waals surface area contributed by atoms with E-state index in [4.69, 9.17) is 5.11 Å². The van der Waals surface area contributed by atoms with Gasteiger partial charge in [0.15, 0.2) is 0 Å². The number of nitrogens with one attached hydrogen (secondary N) is 1. The average molecular weight is 314 g/mol. The fraction of sp³-hybridized carbons (Fsp3) is 0.333. The minimum absolute atomic E-state index is 0.0749. The summed E-state index contributed by atoms with van der Waals surface area (Å²) in [4.78, 5) is 21.7. The van der Waals surface area contributed by atoms with E-state index in [-0.39, 0.29) is 18.7 Å². The molecule has 3 N–H and O–H groups in total. The third-order valence-electron chi connectivity index (χ3n) is 2.84. The number of anilines is 1. The predicted molar refractivity (Wildman–Crippen MR) is 68.3 cm³/mol. The highest BCUT2D eigenvalue weighted by Gasteiger charge is 2.22. The topological polar surface area (TPSA) is 86.6 Å². The number of amides is 1. The summed E-state index contributed by atoms with van der Waals surface area (Å²) in [5, 5.41) is 21.2. The fourth-order valence-corrected chi connectivity index (χ4v) is 2.55. The van der Waals surface area contributed by atoms with Crippen molar-refractivity contribution in [3.8, 4) is 0 Å². The van der Waals surface area contributed by atoms with Gasteiger partial charge in [-0.15, -0.1) is 0 Å². The molecule has 0 radical (unpaired) electrons. The molecule has 1 heterocycles. The van der Waals surface area contributed by atoms with Crippen LogP contribution in [0.4, 0.5) is 5.69 Å². The molecular weight excluding hydrogens is 302 g/mol. The summed E-state index contributed by atoms with van der Waals surface area (Å²) in [6.45, 7) is 0. The second-order valence-electron chi connectivity index (χ2n) is 4.20. The number of rotatable bonds is 4. The predicted octanol–water partition coefficient (Wildman–Crippen LogP) is 1.84. The molecule has 1 aromatic carbocycles. The normalized spacial score (nSPS) is 15.1. The van der Waals surface area contributed by atoms with Gasteiger partial charge in [-0.3, -0.25) is 9.59 Å². The number of aliphatic hydroxyl groups is 1. The van der Waals surface area contributed by atoms with Crippen LogP contribution in [-0.2, 0) is 16.0 Å². The first kappa shape index (κ1) is 13.0. The number of aliphatic hydroxyl groups excluding tert-OH is 1. The Balaban J connectivity index is 2.21. The Labute approximate surface area is 112 Å². The van der Waals surface area contributed by atoms with Crippen LogP contribution in [0.25, 0.3) is 0 Å². The van der Waals surface area contributed by atoms with Crippen molar-refractivity contribution in [2.24, 2.45) is 0 Å². The van der Waals surface area contributed by atoms with Gasteiger partial charge in [0.25, 0.3) is 0 Å². The Morgan fingerprint density at radius 3 is 2.89 bits per heavy atom. The third kappa shape index (κ3) is 2.70. The Hall–Kier alpha value is -1.40. The lowest BCUT2D eigenvalue weighted by Gasteiger charge is -2.13. The van der Waals surface area contributed by atoms with Gasteiger partial charge in [-0.05, 0) is 29.7 Å². The van der Waals surface area contributed by atoms with Crippen LogP contribution in [-0.4, -0.2) is 22.1 Å². The van der Waals surface area contributed by atoms with Gasteiger partial charge in [0.05, 0.1) is 12.5 Å². The molecule has 96 valence electrons. The third-order valence-corrected chi connectivity index (χ3v) is 3.53. The lowest BCUT2D eigenvalue weighted by Crippen LogP contribution is -2.04. The Morgan fingerprint density at radius 2 is 2.22 bits per heavy atom. The van der Waals surface area contributed by atoms with E-state index in [1.807, 2.05) is 0 Å². The first-order chi connectivity index (χ1) is 8.47. The molecule has 0 bridgehead atoms. The SMILES string of the molecule is O=C(O)CC[C@@H](O)c1cc2c(cc1Br)NC(=O)C2. The van der Waals surface area contributed by atoms with Crippen molar-refractivity contribution in [1.29, 1.82) is 0 Å². The van der Waals surface area contributed by atoms with Crippen molar-refractivity contribution in [2.45, 2.75) is 25.4 Å². The van der Waals surface area contributed by atoms with Crippen LogP contribution >= 0.6 is 15.9 Å². The molecule has 0 aliphatic carbocycles. The van der Waals surface area contributed by atoms with Gasteiger partial charge in [0.1, 0.15) is 0 Å². The number of carbonyl (C=O) groups is 2. The number of hydrogen-bond donors (Lipinski definition) is 3. The highest BCUT2D eigenvalue weighted by molar-refractivity contribution is 9.10. The molecule has 1 aliphatic rings. The molecule has 0 fully saturated rings. The monoisotopic (exact) mass is 313 g/mol. The summed E-state index contributed by atoms with van der Waals surface area (Å²) in [7, 11) is 0. The van der Waals surface area contributed by atoms with Gasteiger partial charge < -0.3 is 15.5 Å². The summed E-state index contributed by atoms with van der Waals surface area (Å²) in [5.41, 5.74) is 2.18. The number of aliphatic carboxylic acids is 1. The van der Waals surface area contributed by atoms with Gasteiger partial charge in [-0.25, -0.2) is 0 Å². The van der Waals surface area contributed by atoms with E-state index in [1.165, 1.54) is 0 Å². The van der Waals surface area contributed by atoms with Gasteiger partial charge in [0.2, 0.25) is 5.91 Å². The lowest BCUT2D eigenvalue weighted by atomic mass is 10.0. The smallest absolute Gasteiger partial charge is 0.303 e. The molecule has 0 aromatic heterocycles. The van der Waals surface area contributed by atoms with Crippen LogP contribution in [0.3, 0.4) is 0 Å². The summed E-state index contributed by atoms with van der Waals surface area (Å²) >= 11 is 3.32. The number of halogens is 1. The molecule has 0 unspecified atom stereocenters. The zero-order valence-electron chi connectivity index (χ0n) is 9.44. The van der Waals surface area contributed by atoms with Crippen LogP contribution in [0.15, 0.2) is 16.6 Å². The summed E-state index contributed by atoms with van der Waals surface area (Å²) in [6.07, 6.45) is -0.506. The van der Waals surface area contributed by atoms with Crippen molar-refractivity contribution in [3.63, 3.8) is 0 Å². The largest absolute Gasteiger partial charge is 0.481 e. The molecule has 1 atom stereocenters. The molecule has 18 heavy (non-hydrogen) atoms. The zero-order chi connectivity index (χ0) is 13.3. The summed E-state index contributed by atoms with van der Waals surface area (Å²) < 4.78 is 0.668. The molecular formula is C12H12BrNO4. The van der Waals surface area contributed by atoms with E-state index in [2.05, 4.69) is 21.2 Å². The van der Waals surface area contributed by atoms with Gasteiger partial charge in [0, 0.05) is 16.6 Å². The average Bonchev–Trinajstić information content (AvgIpc) is 2.64. The second-order valence-corrected chi connectivity index (χ2v) is 5.06. The molecule has 1 amide bonds. The highest BCUT2D eigenvalue weighted by Crippen LogP contribution is 2.34. The van der Waals surface area contributed by atoms with E-state index in [9.17, 15) is 14.7 Å². The van der Waals surface area contributed by atoms with E-state index < -0.39 is 12.1 Å². The minimum atomic E-state index is -0.942. The van der Waals surface area contributed by atoms with Gasteiger partial charge in [-0.1, -0.05) is 15.9 Å². The van der Waals surface area contributed by atoms with Crippen molar-refractivity contribution >= 4 is 33.5 Å². The molecule has 5 nitrogen and oxygen atoms in total. The highest BCUT2D eigenvalue weighted by atomic mass is 79.9. The first-order valence-electron chi connectivity index (χ1n) is 5.49. The second kappa shape index (κ2) is 5.07.